The molecule has 2 aromatic rings. The standard InChI is InChI=1S/C9H13N5O/c1-10-5-3-8-11-9(13-15-8)7-4-6-14(2)12-7/h4,6,10H,3,5H2,1-2H3. The lowest BCUT2D eigenvalue weighted by atomic mass is 10.4. The summed E-state index contributed by atoms with van der Waals surface area (Å²) in [7, 11) is 3.74. The predicted molar refractivity (Wildman–Crippen MR) is 54.1 cm³/mol. The summed E-state index contributed by atoms with van der Waals surface area (Å²) in [5, 5.41) is 11.1. The molecule has 0 spiro atoms. The van der Waals surface area contributed by atoms with Crippen LogP contribution in [0.5, 0.6) is 0 Å². The minimum Gasteiger partial charge on any atom is -0.339 e. The van der Waals surface area contributed by atoms with Crippen molar-refractivity contribution < 1.29 is 4.52 Å². The molecule has 0 bridgehead atoms. The van der Waals surface area contributed by atoms with Gasteiger partial charge in [0.25, 0.3) is 0 Å². The summed E-state index contributed by atoms with van der Waals surface area (Å²) in [5.41, 5.74) is 0.733. The predicted octanol–water partition coefficient (Wildman–Crippen LogP) is 0.232. The van der Waals surface area contributed by atoms with Crippen LogP contribution in [0.25, 0.3) is 11.5 Å². The topological polar surface area (TPSA) is 68.8 Å². The molecule has 0 atom stereocenters. The third kappa shape index (κ3) is 2.21. The molecule has 0 saturated carbocycles. The highest BCUT2D eigenvalue weighted by molar-refractivity contribution is 5.46. The molecule has 1 N–H and O–H groups in total. The number of nitrogens with zero attached hydrogens (tertiary/aromatic N) is 4. The molecule has 0 aliphatic heterocycles. The Kier molecular flexibility index (Phi) is 2.77. The third-order valence-electron chi connectivity index (χ3n) is 2.00. The van der Waals surface area contributed by atoms with E-state index in [0.29, 0.717) is 11.7 Å². The number of hydrogen-bond acceptors (Lipinski definition) is 5. The van der Waals surface area contributed by atoms with Crippen LogP contribution in [-0.2, 0) is 13.5 Å². The summed E-state index contributed by atoms with van der Waals surface area (Å²) in [4.78, 5) is 4.24. The normalized spacial score (nSPS) is 10.8. The number of hydrogen-bond donors (Lipinski definition) is 1. The zero-order chi connectivity index (χ0) is 10.7. The Bertz CT molecular complexity index is 433. The molecule has 6 heteroatoms. The SMILES string of the molecule is CNCCc1nc(-c2ccn(C)n2)no1. The molecule has 15 heavy (non-hydrogen) atoms. The summed E-state index contributed by atoms with van der Waals surface area (Å²) in [6.07, 6.45) is 2.58. The van der Waals surface area contributed by atoms with Gasteiger partial charge < -0.3 is 9.84 Å². The maximum Gasteiger partial charge on any atom is 0.228 e. The van der Waals surface area contributed by atoms with Crippen LogP contribution >= 0.6 is 0 Å². The van der Waals surface area contributed by atoms with Crippen molar-refractivity contribution in [2.24, 2.45) is 7.05 Å². The average molecular weight is 207 g/mol. The lowest BCUT2D eigenvalue weighted by Crippen LogP contribution is -2.10. The maximum absolute atomic E-state index is 5.08. The fourth-order valence-electron chi connectivity index (χ4n) is 1.23. The van der Waals surface area contributed by atoms with Gasteiger partial charge in [0, 0.05) is 26.2 Å². The molecule has 0 aliphatic rings. The van der Waals surface area contributed by atoms with Gasteiger partial charge in [0.1, 0.15) is 5.69 Å². The summed E-state index contributed by atoms with van der Waals surface area (Å²) >= 11 is 0. The summed E-state index contributed by atoms with van der Waals surface area (Å²) in [6.45, 7) is 0.823. The van der Waals surface area contributed by atoms with Crippen LogP contribution < -0.4 is 5.32 Å². The van der Waals surface area contributed by atoms with E-state index in [2.05, 4.69) is 20.6 Å². The molecular formula is C9H13N5O. The van der Waals surface area contributed by atoms with Gasteiger partial charge >= 0.3 is 0 Å². The molecule has 2 aromatic heterocycles. The molecule has 2 heterocycles. The van der Waals surface area contributed by atoms with Gasteiger partial charge in [-0.05, 0) is 13.1 Å². The molecule has 0 unspecified atom stereocenters. The van der Waals surface area contributed by atoms with Crippen LogP contribution in [0, 0.1) is 0 Å². The van der Waals surface area contributed by atoms with Gasteiger partial charge in [-0.25, -0.2) is 0 Å². The number of likely N-dealkylation sites (N-methyl/N-ethyl adjacent to an activating group) is 1. The van der Waals surface area contributed by atoms with Gasteiger partial charge in [-0.3, -0.25) is 4.68 Å². The Balaban J connectivity index is 2.13. The molecule has 0 aliphatic carbocycles. The Morgan fingerprint density at radius 1 is 1.53 bits per heavy atom. The zero-order valence-electron chi connectivity index (χ0n) is 8.77. The van der Waals surface area contributed by atoms with Crippen LogP contribution in [0.4, 0.5) is 0 Å². The third-order valence-corrected chi connectivity index (χ3v) is 2.00. The van der Waals surface area contributed by atoms with E-state index < -0.39 is 0 Å². The van der Waals surface area contributed by atoms with Crippen LogP contribution in [0.15, 0.2) is 16.8 Å². The van der Waals surface area contributed by atoms with E-state index in [1.807, 2.05) is 26.4 Å². The minimum atomic E-state index is 0.543. The first kappa shape index (κ1) is 9.85. The monoisotopic (exact) mass is 207 g/mol. The van der Waals surface area contributed by atoms with Gasteiger partial charge in [-0.1, -0.05) is 5.16 Å². The van der Waals surface area contributed by atoms with Crippen molar-refractivity contribution >= 4 is 0 Å². The average Bonchev–Trinajstić information content (AvgIpc) is 2.83. The molecule has 0 amide bonds. The van der Waals surface area contributed by atoms with Gasteiger partial charge in [0.15, 0.2) is 0 Å². The largest absolute Gasteiger partial charge is 0.339 e. The molecule has 0 aromatic carbocycles. The van der Waals surface area contributed by atoms with Gasteiger partial charge in [-0.15, -0.1) is 0 Å². The van der Waals surface area contributed by atoms with Crippen molar-refractivity contribution in [1.82, 2.24) is 25.2 Å². The Hall–Kier alpha value is -1.69. The zero-order valence-corrected chi connectivity index (χ0v) is 8.77. The van der Waals surface area contributed by atoms with Crippen LogP contribution in [-0.4, -0.2) is 33.5 Å². The Morgan fingerprint density at radius 2 is 2.40 bits per heavy atom. The highest BCUT2D eigenvalue weighted by Crippen LogP contribution is 2.12. The molecule has 2 rings (SSSR count). The Morgan fingerprint density at radius 3 is 3.07 bits per heavy atom. The molecule has 0 saturated heterocycles. The van der Waals surface area contributed by atoms with Crippen molar-refractivity contribution in [2.75, 3.05) is 13.6 Å². The van der Waals surface area contributed by atoms with Crippen LogP contribution in [0.1, 0.15) is 5.89 Å². The van der Waals surface area contributed by atoms with Crippen molar-refractivity contribution in [1.29, 1.82) is 0 Å². The number of rotatable bonds is 4. The smallest absolute Gasteiger partial charge is 0.228 e. The fourth-order valence-corrected chi connectivity index (χ4v) is 1.23. The van der Waals surface area contributed by atoms with E-state index in [-0.39, 0.29) is 0 Å². The summed E-state index contributed by atoms with van der Waals surface area (Å²) in [6, 6.07) is 1.85. The second-order valence-corrected chi connectivity index (χ2v) is 3.24. The summed E-state index contributed by atoms with van der Waals surface area (Å²) < 4.78 is 6.79. The second kappa shape index (κ2) is 4.22. The van der Waals surface area contributed by atoms with Crippen molar-refractivity contribution in [3.8, 4) is 11.5 Å². The highest BCUT2D eigenvalue weighted by atomic mass is 16.5. The quantitative estimate of drug-likeness (QED) is 0.777. The first-order valence-electron chi connectivity index (χ1n) is 4.77. The first-order chi connectivity index (χ1) is 7.29. The van der Waals surface area contributed by atoms with E-state index in [9.17, 15) is 0 Å². The van der Waals surface area contributed by atoms with E-state index in [1.54, 1.807) is 4.68 Å². The van der Waals surface area contributed by atoms with E-state index in [1.165, 1.54) is 0 Å². The van der Waals surface area contributed by atoms with Crippen LogP contribution in [0.2, 0.25) is 0 Å². The Labute approximate surface area is 87.3 Å². The van der Waals surface area contributed by atoms with E-state index >= 15 is 0 Å². The van der Waals surface area contributed by atoms with Crippen molar-refractivity contribution in [3.63, 3.8) is 0 Å². The van der Waals surface area contributed by atoms with Crippen molar-refractivity contribution in [2.45, 2.75) is 6.42 Å². The first-order valence-corrected chi connectivity index (χ1v) is 4.77. The lowest BCUT2D eigenvalue weighted by molar-refractivity contribution is 0.377. The minimum absolute atomic E-state index is 0.543. The van der Waals surface area contributed by atoms with Gasteiger partial charge in [-0.2, -0.15) is 10.1 Å². The molecular weight excluding hydrogens is 194 g/mol. The highest BCUT2D eigenvalue weighted by Gasteiger charge is 2.09. The second-order valence-electron chi connectivity index (χ2n) is 3.24. The number of aromatic nitrogens is 4. The lowest BCUT2D eigenvalue weighted by Gasteiger charge is -1.90. The van der Waals surface area contributed by atoms with Gasteiger partial charge in [0.05, 0.1) is 0 Å². The molecule has 0 fully saturated rings. The molecule has 0 radical (unpaired) electrons. The van der Waals surface area contributed by atoms with E-state index in [0.717, 1.165) is 18.7 Å². The van der Waals surface area contributed by atoms with E-state index in [4.69, 9.17) is 4.52 Å². The summed E-state index contributed by atoms with van der Waals surface area (Å²) in [5.74, 6) is 1.17. The molecule has 80 valence electrons. The maximum atomic E-state index is 5.08. The number of aryl methyl sites for hydroxylation is 1. The molecule has 6 nitrogen and oxygen atoms in total. The van der Waals surface area contributed by atoms with Gasteiger partial charge in [0.2, 0.25) is 11.7 Å². The van der Waals surface area contributed by atoms with Crippen LogP contribution in [0.3, 0.4) is 0 Å². The van der Waals surface area contributed by atoms with Crippen molar-refractivity contribution in [3.05, 3.63) is 18.2 Å². The fraction of sp³-hybridized carbons (Fsp3) is 0.444. The number of nitrogens with one attached hydrogen (secondary N) is 1.